The van der Waals surface area contributed by atoms with Gasteiger partial charge in [0.15, 0.2) is 0 Å². The summed E-state index contributed by atoms with van der Waals surface area (Å²) in [5, 5.41) is 4.95. The summed E-state index contributed by atoms with van der Waals surface area (Å²) in [7, 11) is 0. The maximum absolute atomic E-state index is 4.95. The van der Waals surface area contributed by atoms with Crippen molar-refractivity contribution in [3.63, 3.8) is 0 Å². The van der Waals surface area contributed by atoms with Gasteiger partial charge in [0.25, 0.3) is 0 Å². The molecule has 1 aliphatic heterocycles. The summed E-state index contributed by atoms with van der Waals surface area (Å²) in [4.78, 5) is 0. The van der Waals surface area contributed by atoms with Crippen molar-refractivity contribution in [2.45, 2.75) is 13.5 Å². The zero-order chi connectivity index (χ0) is 15.6. The van der Waals surface area contributed by atoms with Crippen molar-refractivity contribution < 1.29 is 0 Å². The summed E-state index contributed by atoms with van der Waals surface area (Å²) in [6.45, 7) is 2.98. The van der Waals surface area contributed by atoms with Crippen LogP contribution in [0.1, 0.15) is 6.92 Å². The highest BCUT2D eigenvalue weighted by atomic mass is 15.3. The third-order valence-corrected chi connectivity index (χ3v) is 4.20. The molecule has 1 aliphatic carbocycles. The van der Waals surface area contributed by atoms with Crippen LogP contribution >= 0.6 is 0 Å². The SMILES string of the molecule is CCn1nc(-c2ccccc2)c2cccc-2c1-c1ccccc1. The molecule has 0 fully saturated rings. The van der Waals surface area contributed by atoms with Crippen LogP contribution in [0.4, 0.5) is 0 Å². The van der Waals surface area contributed by atoms with Crippen LogP contribution in [-0.2, 0) is 6.54 Å². The molecule has 23 heavy (non-hydrogen) atoms. The molecule has 0 radical (unpaired) electrons. The van der Waals surface area contributed by atoms with E-state index in [0.717, 1.165) is 17.8 Å². The van der Waals surface area contributed by atoms with Gasteiger partial charge in [-0.05, 0) is 6.92 Å². The molecule has 0 unspecified atom stereocenters. The Balaban J connectivity index is 2.02. The Morgan fingerprint density at radius 3 is 1.96 bits per heavy atom. The van der Waals surface area contributed by atoms with Crippen LogP contribution in [0.3, 0.4) is 0 Å². The smallest absolute Gasteiger partial charge is 0.0987 e. The molecule has 0 amide bonds. The van der Waals surface area contributed by atoms with Gasteiger partial charge in [0.1, 0.15) is 0 Å². The molecule has 0 atom stereocenters. The van der Waals surface area contributed by atoms with Gasteiger partial charge in [-0.2, -0.15) is 5.10 Å². The Kier molecular flexibility index (Phi) is 3.43. The van der Waals surface area contributed by atoms with Crippen LogP contribution in [0.25, 0.3) is 33.6 Å². The van der Waals surface area contributed by atoms with Crippen molar-refractivity contribution in [1.82, 2.24) is 9.78 Å². The predicted octanol–water partition coefficient (Wildman–Crippen LogP) is 5.34. The van der Waals surface area contributed by atoms with Crippen LogP contribution in [0.5, 0.6) is 0 Å². The van der Waals surface area contributed by atoms with Crippen LogP contribution in [0.15, 0.2) is 78.9 Å². The lowest BCUT2D eigenvalue weighted by Crippen LogP contribution is -2.09. The second-order valence-corrected chi connectivity index (χ2v) is 5.60. The van der Waals surface area contributed by atoms with Crippen LogP contribution in [0, 0.1) is 0 Å². The number of rotatable bonds is 3. The highest BCUT2D eigenvalue weighted by molar-refractivity contribution is 5.90. The normalized spacial score (nSPS) is 11.0. The molecule has 4 rings (SSSR count). The minimum Gasteiger partial charge on any atom is -0.264 e. The van der Waals surface area contributed by atoms with Crippen molar-refractivity contribution in [3.8, 4) is 33.6 Å². The largest absolute Gasteiger partial charge is 0.264 e. The molecule has 112 valence electrons. The standard InChI is InChI=1S/C21H18N2/c1-2-23-21(17-12-7-4-8-13-17)19-15-9-14-18(19)20(22-23)16-10-5-3-6-11-16/h3-15H,2H2,1H3. The van der Waals surface area contributed by atoms with Gasteiger partial charge >= 0.3 is 0 Å². The first-order valence-corrected chi connectivity index (χ1v) is 7.99. The third-order valence-electron chi connectivity index (χ3n) is 4.20. The molecule has 2 nitrogen and oxygen atoms in total. The number of nitrogens with zero attached hydrogens (tertiary/aromatic N) is 2. The minimum atomic E-state index is 0.838. The molecule has 0 N–H and O–H groups in total. The van der Waals surface area contributed by atoms with Crippen molar-refractivity contribution in [2.75, 3.05) is 0 Å². The van der Waals surface area contributed by atoms with Crippen LogP contribution in [0.2, 0.25) is 0 Å². The molecular formula is C21H18N2. The molecule has 2 aromatic carbocycles. The maximum atomic E-state index is 4.95. The predicted molar refractivity (Wildman–Crippen MR) is 95.4 cm³/mol. The van der Waals surface area contributed by atoms with Gasteiger partial charge in [-0.3, -0.25) is 4.68 Å². The van der Waals surface area contributed by atoms with E-state index in [1.807, 2.05) is 12.1 Å². The number of aromatic nitrogens is 2. The fourth-order valence-corrected chi connectivity index (χ4v) is 3.14. The quantitative estimate of drug-likeness (QED) is 0.499. The third kappa shape index (κ3) is 2.33. The fraction of sp³-hybridized carbons (Fsp3) is 0.0952. The van der Waals surface area contributed by atoms with E-state index in [4.69, 9.17) is 5.10 Å². The van der Waals surface area contributed by atoms with Gasteiger partial charge < -0.3 is 0 Å². The number of hydrogen-bond donors (Lipinski definition) is 0. The van der Waals surface area contributed by atoms with Crippen molar-refractivity contribution >= 4 is 0 Å². The van der Waals surface area contributed by atoms with E-state index in [1.54, 1.807) is 0 Å². The lowest BCUT2D eigenvalue weighted by molar-refractivity contribution is 0.653. The summed E-state index contributed by atoms with van der Waals surface area (Å²) in [6.07, 6.45) is 0. The Bertz CT molecular complexity index is 892. The number of hydrogen-bond acceptors (Lipinski definition) is 1. The lowest BCUT2D eigenvalue weighted by Gasteiger charge is -2.19. The van der Waals surface area contributed by atoms with Gasteiger partial charge in [-0.1, -0.05) is 78.9 Å². The van der Waals surface area contributed by atoms with Gasteiger partial charge in [-0.25, -0.2) is 0 Å². The summed E-state index contributed by atoms with van der Waals surface area (Å²) in [5.41, 5.74) is 7.06. The first kappa shape index (κ1) is 13.8. The van der Waals surface area contributed by atoms with E-state index >= 15 is 0 Å². The van der Waals surface area contributed by atoms with E-state index in [-0.39, 0.29) is 0 Å². The van der Waals surface area contributed by atoms with E-state index < -0.39 is 0 Å². The molecule has 2 aromatic rings. The highest BCUT2D eigenvalue weighted by Gasteiger charge is 2.19. The van der Waals surface area contributed by atoms with Crippen LogP contribution < -0.4 is 0 Å². The molecule has 0 saturated carbocycles. The summed E-state index contributed by atoms with van der Waals surface area (Å²) in [5.74, 6) is 0. The van der Waals surface area contributed by atoms with Crippen LogP contribution in [-0.4, -0.2) is 9.78 Å². The van der Waals surface area contributed by atoms with Gasteiger partial charge in [-0.15, -0.1) is 0 Å². The average Bonchev–Trinajstić information content (AvgIpc) is 3.11. The van der Waals surface area contributed by atoms with Crippen molar-refractivity contribution in [3.05, 3.63) is 78.9 Å². The highest BCUT2D eigenvalue weighted by Crippen LogP contribution is 2.39. The molecule has 0 bridgehead atoms. The first-order valence-electron chi connectivity index (χ1n) is 7.99. The number of fused-ring (bicyclic) bond motifs is 1. The maximum Gasteiger partial charge on any atom is 0.0987 e. The van der Waals surface area contributed by atoms with Gasteiger partial charge in [0.05, 0.1) is 11.4 Å². The molecule has 2 heteroatoms. The molecular weight excluding hydrogens is 280 g/mol. The second kappa shape index (κ2) is 5.73. The molecule has 2 aliphatic rings. The van der Waals surface area contributed by atoms with Crippen molar-refractivity contribution in [1.29, 1.82) is 0 Å². The minimum absolute atomic E-state index is 0.838. The first-order chi connectivity index (χ1) is 11.4. The molecule has 0 aromatic heterocycles. The van der Waals surface area contributed by atoms with E-state index in [9.17, 15) is 0 Å². The van der Waals surface area contributed by atoms with Gasteiger partial charge in [0, 0.05) is 28.8 Å². The fourth-order valence-electron chi connectivity index (χ4n) is 3.14. The van der Waals surface area contributed by atoms with Crippen molar-refractivity contribution in [2.24, 2.45) is 0 Å². The summed E-state index contributed by atoms with van der Waals surface area (Å²) < 4.78 is 2.11. The lowest BCUT2D eigenvalue weighted by atomic mass is 9.98. The topological polar surface area (TPSA) is 17.8 Å². The molecule has 1 heterocycles. The zero-order valence-electron chi connectivity index (χ0n) is 13.1. The Hall–Kier alpha value is -2.87. The Labute approximate surface area is 136 Å². The number of benzene rings is 2. The Morgan fingerprint density at radius 2 is 1.30 bits per heavy atom. The van der Waals surface area contributed by atoms with E-state index in [2.05, 4.69) is 78.3 Å². The zero-order valence-corrected chi connectivity index (χ0v) is 13.1. The van der Waals surface area contributed by atoms with E-state index in [1.165, 1.54) is 22.4 Å². The average molecular weight is 298 g/mol. The Morgan fingerprint density at radius 1 is 0.696 bits per heavy atom. The van der Waals surface area contributed by atoms with Gasteiger partial charge in [0.2, 0.25) is 0 Å². The second-order valence-electron chi connectivity index (χ2n) is 5.60. The molecule has 0 saturated heterocycles. The summed E-state index contributed by atoms with van der Waals surface area (Å²) >= 11 is 0. The van der Waals surface area contributed by atoms with E-state index in [0.29, 0.717) is 0 Å². The molecule has 0 spiro atoms. The monoisotopic (exact) mass is 298 g/mol. The number of aryl methyl sites for hydroxylation is 1. The summed E-state index contributed by atoms with van der Waals surface area (Å²) in [6, 6.07) is 27.4.